The van der Waals surface area contributed by atoms with Crippen LogP contribution in [0.3, 0.4) is 0 Å². The minimum absolute atomic E-state index is 0.213. The van der Waals surface area contributed by atoms with E-state index >= 15 is 0 Å². The summed E-state index contributed by atoms with van der Waals surface area (Å²) in [4.78, 5) is 46.0. The number of hydrogen-bond acceptors (Lipinski definition) is 5. The first-order chi connectivity index (χ1) is 22.3. The van der Waals surface area contributed by atoms with Crippen LogP contribution in [0.2, 0.25) is 0 Å². The lowest BCUT2D eigenvalue weighted by atomic mass is 10.1. The van der Waals surface area contributed by atoms with Crippen molar-refractivity contribution in [1.82, 2.24) is 23.5 Å². The van der Waals surface area contributed by atoms with Crippen LogP contribution in [0.4, 0.5) is 5.69 Å². The third-order valence-electron chi connectivity index (χ3n) is 8.53. The van der Waals surface area contributed by atoms with Crippen LogP contribution in [-0.2, 0) is 18.4 Å². The van der Waals surface area contributed by atoms with Crippen molar-refractivity contribution >= 4 is 56.1 Å². The summed E-state index contributed by atoms with van der Waals surface area (Å²) in [7, 11) is 1.78. The minimum Gasteiger partial charge on any atom is -0.341 e. The fraction of sp³-hybridized carbons (Fsp3) is 0.167. The van der Waals surface area contributed by atoms with Gasteiger partial charge in [0.2, 0.25) is 5.91 Å². The molecule has 0 aliphatic rings. The highest BCUT2D eigenvalue weighted by molar-refractivity contribution is 8.00. The molecular formula is C36H32N6O3S. The highest BCUT2D eigenvalue weighted by Gasteiger charge is 2.24. The van der Waals surface area contributed by atoms with Gasteiger partial charge in [0.25, 0.3) is 11.1 Å². The Morgan fingerprint density at radius 1 is 0.826 bits per heavy atom. The van der Waals surface area contributed by atoms with E-state index in [1.165, 1.54) is 16.4 Å². The zero-order valence-corrected chi connectivity index (χ0v) is 26.7. The molecule has 0 fully saturated rings. The van der Waals surface area contributed by atoms with Crippen molar-refractivity contribution in [3.8, 4) is 11.4 Å². The predicted molar refractivity (Wildman–Crippen MR) is 186 cm³/mol. The van der Waals surface area contributed by atoms with E-state index in [4.69, 9.17) is 4.98 Å². The standard InChI is InChI=1S/C36H32N6O3S/c1-5-40-30-18-12-10-15-26(30)28-21-25(19-20-31(28)40)41-34(44)27-16-9-11-17-29(27)37-36(41)46-23(3)33(43)38-32-22(2)39(4)42(35(32)45)24-13-7-6-8-14-24/h6-21,23H,5H2,1-4H3,(H,38,43). The van der Waals surface area contributed by atoms with Gasteiger partial charge in [-0.25, -0.2) is 9.67 Å². The van der Waals surface area contributed by atoms with E-state index in [0.29, 0.717) is 33.1 Å². The van der Waals surface area contributed by atoms with Gasteiger partial charge in [0.1, 0.15) is 5.69 Å². The molecule has 7 rings (SSSR count). The van der Waals surface area contributed by atoms with Gasteiger partial charge in [-0.1, -0.05) is 60.3 Å². The summed E-state index contributed by atoms with van der Waals surface area (Å²) in [5.74, 6) is -0.369. The number of nitrogens with one attached hydrogen (secondary N) is 1. The van der Waals surface area contributed by atoms with E-state index < -0.39 is 5.25 Å². The number of para-hydroxylation sites is 3. The smallest absolute Gasteiger partial charge is 0.295 e. The van der Waals surface area contributed by atoms with Crippen molar-refractivity contribution in [2.45, 2.75) is 37.7 Å². The third-order valence-corrected chi connectivity index (χ3v) is 9.58. The molecule has 1 N–H and O–H groups in total. The molecule has 10 heteroatoms. The fourth-order valence-electron chi connectivity index (χ4n) is 6.09. The average Bonchev–Trinajstić information content (AvgIpc) is 3.50. The largest absolute Gasteiger partial charge is 0.341 e. The summed E-state index contributed by atoms with van der Waals surface area (Å²) < 4.78 is 7.09. The molecule has 0 bridgehead atoms. The summed E-state index contributed by atoms with van der Waals surface area (Å²) in [6.45, 7) is 6.47. The maximum absolute atomic E-state index is 14.1. The maximum atomic E-state index is 14.1. The van der Waals surface area contributed by atoms with Crippen LogP contribution in [0, 0.1) is 6.92 Å². The number of carbonyl (C=O) groups is 1. The number of nitrogens with zero attached hydrogens (tertiary/aromatic N) is 5. The SMILES string of the molecule is CCn1c2ccccc2c2cc(-n3c(SC(C)C(=O)Nc4c(C)n(C)n(-c5ccccc5)c4=O)nc4ccccc4c3=O)ccc21. The molecule has 0 spiro atoms. The predicted octanol–water partition coefficient (Wildman–Crippen LogP) is 6.43. The second-order valence-electron chi connectivity index (χ2n) is 11.2. The average molecular weight is 629 g/mol. The Morgan fingerprint density at radius 3 is 2.26 bits per heavy atom. The Bertz CT molecular complexity index is 2420. The van der Waals surface area contributed by atoms with Crippen LogP contribution in [0.25, 0.3) is 44.1 Å². The molecule has 9 nitrogen and oxygen atoms in total. The van der Waals surface area contributed by atoms with Crippen molar-refractivity contribution in [2.24, 2.45) is 7.05 Å². The Hall–Kier alpha value is -5.35. The summed E-state index contributed by atoms with van der Waals surface area (Å²) >= 11 is 1.18. The van der Waals surface area contributed by atoms with Gasteiger partial charge < -0.3 is 9.88 Å². The second kappa shape index (κ2) is 11.5. The molecule has 46 heavy (non-hydrogen) atoms. The Kier molecular flexibility index (Phi) is 7.37. The molecule has 3 aromatic heterocycles. The number of benzene rings is 4. The highest BCUT2D eigenvalue weighted by Crippen LogP contribution is 2.32. The lowest BCUT2D eigenvalue weighted by molar-refractivity contribution is -0.115. The summed E-state index contributed by atoms with van der Waals surface area (Å²) in [6.07, 6.45) is 0. The molecule has 0 radical (unpaired) electrons. The first-order valence-electron chi connectivity index (χ1n) is 15.1. The Labute approximate surface area is 268 Å². The van der Waals surface area contributed by atoms with Crippen molar-refractivity contribution in [3.63, 3.8) is 0 Å². The van der Waals surface area contributed by atoms with E-state index in [-0.39, 0.29) is 22.7 Å². The molecule has 4 aromatic carbocycles. The molecule has 0 saturated heterocycles. The van der Waals surface area contributed by atoms with Crippen molar-refractivity contribution < 1.29 is 4.79 Å². The molecular weight excluding hydrogens is 597 g/mol. The summed E-state index contributed by atoms with van der Waals surface area (Å²) in [6, 6.07) is 30.7. The van der Waals surface area contributed by atoms with Crippen LogP contribution < -0.4 is 16.4 Å². The van der Waals surface area contributed by atoms with Crippen molar-refractivity contribution in [2.75, 3.05) is 5.32 Å². The summed E-state index contributed by atoms with van der Waals surface area (Å²) in [5, 5.41) is 5.18. The number of fused-ring (bicyclic) bond motifs is 4. The van der Waals surface area contributed by atoms with Gasteiger partial charge >= 0.3 is 0 Å². The van der Waals surface area contributed by atoms with Gasteiger partial charge in [0.05, 0.1) is 33.2 Å². The summed E-state index contributed by atoms with van der Waals surface area (Å²) in [5.41, 5.74) is 4.41. The number of hydrogen-bond donors (Lipinski definition) is 1. The number of aromatic nitrogens is 5. The number of aryl methyl sites for hydroxylation is 1. The topological polar surface area (TPSA) is 95.8 Å². The molecule has 0 saturated carbocycles. The van der Waals surface area contributed by atoms with E-state index in [1.54, 1.807) is 42.3 Å². The van der Waals surface area contributed by atoms with Crippen LogP contribution in [0.1, 0.15) is 19.5 Å². The van der Waals surface area contributed by atoms with Gasteiger partial charge in [-0.2, -0.15) is 0 Å². The van der Waals surface area contributed by atoms with Crippen LogP contribution in [-0.4, -0.2) is 34.6 Å². The second-order valence-corrected chi connectivity index (χ2v) is 12.5. The zero-order valence-electron chi connectivity index (χ0n) is 25.9. The maximum Gasteiger partial charge on any atom is 0.295 e. The van der Waals surface area contributed by atoms with E-state index in [1.807, 2.05) is 72.8 Å². The molecule has 1 amide bonds. The quantitative estimate of drug-likeness (QED) is 0.162. The number of amides is 1. The molecule has 0 aliphatic carbocycles. The fourth-order valence-corrected chi connectivity index (χ4v) is 7.02. The molecule has 230 valence electrons. The molecule has 1 unspecified atom stereocenters. The number of carbonyl (C=O) groups excluding carboxylic acids is 1. The van der Waals surface area contributed by atoms with Crippen LogP contribution in [0.15, 0.2) is 112 Å². The zero-order chi connectivity index (χ0) is 32.1. The lowest BCUT2D eigenvalue weighted by Crippen LogP contribution is -2.28. The lowest BCUT2D eigenvalue weighted by Gasteiger charge is -2.16. The number of rotatable bonds is 7. The van der Waals surface area contributed by atoms with E-state index in [2.05, 4.69) is 28.9 Å². The number of thioether (sulfide) groups is 1. The molecule has 0 aliphatic heterocycles. The first-order valence-corrected chi connectivity index (χ1v) is 16.0. The number of anilines is 1. The Balaban J connectivity index is 1.29. The normalized spacial score (nSPS) is 12.3. The van der Waals surface area contributed by atoms with Gasteiger partial charge in [-0.3, -0.25) is 23.6 Å². The van der Waals surface area contributed by atoms with Gasteiger partial charge in [0.15, 0.2) is 5.16 Å². The molecule has 3 heterocycles. The van der Waals surface area contributed by atoms with Gasteiger partial charge in [-0.15, -0.1) is 0 Å². The Morgan fingerprint density at radius 2 is 1.50 bits per heavy atom. The van der Waals surface area contributed by atoms with Crippen molar-refractivity contribution in [1.29, 1.82) is 0 Å². The first kappa shape index (κ1) is 29.4. The highest BCUT2D eigenvalue weighted by atomic mass is 32.2. The van der Waals surface area contributed by atoms with Crippen LogP contribution >= 0.6 is 11.8 Å². The van der Waals surface area contributed by atoms with E-state index in [0.717, 1.165) is 28.4 Å². The van der Waals surface area contributed by atoms with Gasteiger partial charge in [-0.05, 0) is 69.3 Å². The molecule has 1 atom stereocenters. The molecule has 7 aromatic rings. The third kappa shape index (κ3) is 4.73. The van der Waals surface area contributed by atoms with E-state index in [9.17, 15) is 14.4 Å². The van der Waals surface area contributed by atoms with Crippen LogP contribution in [0.5, 0.6) is 0 Å². The minimum atomic E-state index is -0.686. The van der Waals surface area contributed by atoms with Crippen molar-refractivity contribution in [3.05, 3.63) is 123 Å². The monoisotopic (exact) mass is 628 g/mol. The van der Waals surface area contributed by atoms with Gasteiger partial charge in [0, 0.05) is 35.4 Å².